The van der Waals surface area contributed by atoms with Gasteiger partial charge in [-0.15, -0.1) is 0 Å². The Labute approximate surface area is 107 Å². The van der Waals surface area contributed by atoms with Crippen LogP contribution in [0.25, 0.3) is 0 Å². The van der Waals surface area contributed by atoms with Gasteiger partial charge in [0.05, 0.1) is 0 Å². The first kappa shape index (κ1) is 15.5. The van der Waals surface area contributed by atoms with Crippen molar-refractivity contribution in [3.63, 3.8) is 0 Å². The fourth-order valence-electron chi connectivity index (χ4n) is 1.51. The van der Waals surface area contributed by atoms with Crippen LogP contribution in [0.2, 0.25) is 0 Å². The summed E-state index contributed by atoms with van der Waals surface area (Å²) in [5.41, 5.74) is 0. The van der Waals surface area contributed by atoms with E-state index in [2.05, 4.69) is 5.32 Å². The molecular weight excluding hydrogens is 262 g/mol. The topological polar surface area (TPSA) is 157 Å². The summed E-state index contributed by atoms with van der Waals surface area (Å²) in [5, 5.41) is 47.9. The molecule has 1 saturated heterocycles. The maximum absolute atomic E-state index is 11.2. The van der Waals surface area contributed by atoms with E-state index in [9.17, 15) is 30.0 Å². The van der Waals surface area contributed by atoms with E-state index in [0.717, 1.165) is 6.08 Å². The Bertz CT molecular complexity index is 371. The average Bonchev–Trinajstić information content (AvgIpc) is 2.36. The van der Waals surface area contributed by atoms with Gasteiger partial charge in [-0.1, -0.05) is 0 Å². The van der Waals surface area contributed by atoms with Gasteiger partial charge in [-0.05, 0) is 0 Å². The molecule has 1 aliphatic rings. The normalized spacial score (nSPS) is 35.3. The molecule has 0 saturated carbocycles. The van der Waals surface area contributed by atoms with E-state index in [1.165, 1.54) is 0 Å². The highest BCUT2D eigenvalue weighted by Gasteiger charge is 2.42. The highest BCUT2D eigenvalue weighted by atomic mass is 16.6. The van der Waals surface area contributed by atoms with Crippen molar-refractivity contribution >= 4 is 11.9 Å². The second kappa shape index (κ2) is 6.59. The number of carbonyl (C=O) groups excluding carboxylic acids is 1. The molecule has 1 aliphatic heterocycles. The minimum Gasteiger partial charge on any atom is -0.478 e. The third-order valence-corrected chi connectivity index (χ3v) is 2.54. The quantitative estimate of drug-likeness (QED) is 0.289. The van der Waals surface area contributed by atoms with Crippen molar-refractivity contribution in [2.45, 2.75) is 30.7 Å². The molecule has 0 aromatic carbocycles. The number of aliphatic hydroxyl groups is 4. The number of ether oxygens (including phenoxy) is 1. The molecule has 5 atom stereocenters. The molecule has 0 aromatic heterocycles. The number of aliphatic carboxylic acids is 1. The standard InChI is InChI=1S/C10H15NO8/c12-5(1-2-6(13)14)11-3-4-7(15)8(16)9(17)10(18)19-4/h1-2,4,7-10,15-18H,3H2,(H,11,12)(H,13,14). The predicted octanol–water partition coefficient (Wildman–Crippen LogP) is -3.46. The third kappa shape index (κ3) is 4.26. The molecular formula is C10H15NO8. The van der Waals surface area contributed by atoms with Crippen LogP contribution >= 0.6 is 0 Å². The monoisotopic (exact) mass is 277 g/mol. The largest absolute Gasteiger partial charge is 0.478 e. The van der Waals surface area contributed by atoms with Crippen molar-refractivity contribution in [2.75, 3.05) is 6.54 Å². The van der Waals surface area contributed by atoms with Crippen LogP contribution in [0.1, 0.15) is 0 Å². The molecule has 108 valence electrons. The Kier molecular flexibility index (Phi) is 5.39. The summed E-state index contributed by atoms with van der Waals surface area (Å²) in [6, 6.07) is 0. The van der Waals surface area contributed by atoms with E-state index in [1.807, 2.05) is 0 Å². The minimum atomic E-state index is -1.69. The van der Waals surface area contributed by atoms with Gasteiger partial charge in [0.1, 0.15) is 24.4 Å². The smallest absolute Gasteiger partial charge is 0.328 e. The maximum atomic E-state index is 11.2. The van der Waals surface area contributed by atoms with Crippen LogP contribution in [0.5, 0.6) is 0 Å². The first-order valence-corrected chi connectivity index (χ1v) is 5.39. The Balaban J connectivity index is 2.49. The number of carbonyl (C=O) groups is 2. The highest BCUT2D eigenvalue weighted by Crippen LogP contribution is 2.19. The van der Waals surface area contributed by atoms with Crippen molar-refractivity contribution < 1.29 is 39.9 Å². The van der Waals surface area contributed by atoms with E-state index >= 15 is 0 Å². The van der Waals surface area contributed by atoms with Crippen LogP contribution in [0.4, 0.5) is 0 Å². The summed E-state index contributed by atoms with van der Waals surface area (Å²) in [6.45, 7) is -0.273. The molecule has 1 amide bonds. The lowest BCUT2D eigenvalue weighted by Crippen LogP contribution is -2.59. The fraction of sp³-hybridized carbons (Fsp3) is 0.600. The molecule has 9 nitrogen and oxygen atoms in total. The summed E-state index contributed by atoms with van der Waals surface area (Å²) < 4.78 is 4.80. The van der Waals surface area contributed by atoms with Gasteiger partial charge >= 0.3 is 5.97 Å². The van der Waals surface area contributed by atoms with Crippen molar-refractivity contribution in [3.8, 4) is 0 Å². The van der Waals surface area contributed by atoms with E-state index in [1.54, 1.807) is 0 Å². The average molecular weight is 277 g/mol. The molecule has 0 aliphatic carbocycles. The molecule has 1 heterocycles. The van der Waals surface area contributed by atoms with Crippen LogP contribution in [0.15, 0.2) is 12.2 Å². The van der Waals surface area contributed by atoms with Crippen molar-refractivity contribution in [3.05, 3.63) is 12.2 Å². The second-order valence-electron chi connectivity index (χ2n) is 3.95. The number of carboxylic acid groups (broad SMARTS) is 1. The van der Waals surface area contributed by atoms with Crippen LogP contribution in [0.3, 0.4) is 0 Å². The Hall–Kier alpha value is -1.52. The van der Waals surface area contributed by atoms with Crippen LogP contribution < -0.4 is 5.32 Å². The summed E-state index contributed by atoms with van der Waals surface area (Å²) >= 11 is 0. The number of carboxylic acids is 1. The molecule has 6 N–H and O–H groups in total. The molecule has 9 heteroatoms. The first-order valence-electron chi connectivity index (χ1n) is 5.39. The lowest BCUT2D eigenvalue weighted by atomic mass is 9.99. The molecule has 0 bridgehead atoms. The van der Waals surface area contributed by atoms with E-state index in [4.69, 9.17) is 9.84 Å². The van der Waals surface area contributed by atoms with E-state index in [0.29, 0.717) is 6.08 Å². The number of hydrogen-bond acceptors (Lipinski definition) is 7. The molecule has 19 heavy (non-hydrogen) atoms. The van der Waals surface area contributed by atoms with Crippen molar-refractivity contribution in [2.24, 2.45) is 0 Å². The van der Waals surface area contributed by atoms with Gasteiger partial charge in [0.25, 0.3) is 0 Å². The van der Waals surface area contributed by atoms with Gasteiger partial charge in [0, 0.05) is 18.7 Å². The van der Waals surface area contributed by atoms with Gasteiger partial charge in [-0.3, -0.25) is 4.79 Å². The lowest BCUT2D eigenvalue weighted by molar-refractivity contribution is -0.280. The van der Waals surface area contributed by atoms with Crippen LogP contribution in [0, 0.1) is 0 Å². The Morgan fingerprint density at radius 1 is 1.05 bits per heavy atom. The molecule has 1 fully saturated rings. The van der Waals surface area contributed by atoms with Crippen LogP contribution in [-0.4, -0.2) is 74.7 Å². The van der Waals surface area contributed by atoms with Crippen LogP contribution in [-0.2, 0) is 14.3 Å². The number of aliphatic hydroxyl groups excluding tert-OH is 4. The predicted molar refractivity (Wildman–Crippen MR) is 58.7 cm³/mol. The molecule has 0 aromatic rings. The van der Waals surface area contributed by atoms with Gasteiger partial charge in [-0.25, -0.2) is 4.79 Å². The van der Waals surface area contributed by atoms with Crippen molar-refractivity contribution in [1.82, 2.24) is 5.32 Å². The summed E-state index contributed by atoms with van der Waals surface area (Å²) in [4.78, 5) is 21.3. The molecule has 0 spiro atoms. The Morgan fingerprint density at radius 2 is 1.68 bits per heavy atom. The van der Waals surface area contributed by atoms with Gasteiger partial charge in [0.2, 0.25) is 5.91 Å². The lowest BCUT2D eigenvalue weighted by Gasteiger charge is -2.38. The molecule has 5 unspecified atom stereocenters. The van der Waals surface area contributed by atoms with E-state index < -0.39 is 42.6 Å². The minimum absolute atomic E-state index is 0.273. The SMILES string of the molecule is O=C(O)C=CC(=O)NCC1OC(O)C(O)C(O)C1O. The number of nitrogens with one attached hydrogen (secondary N) is 1. The molecule has 0 radical (unpaired) electrons. The van der Waals surface area contributed by atoms with E-state index in [-0.39, 0.29) is 6.54 Å². The first-order chi connectivity index (χ1) is 8.82. The number of hydrogen-bond donors (Lipinski definition) is 6. The zero-order valence-electron chi connectivity index (χ0n) is 9.71. The molecule has 1 rings (SSSR count). The summed E-state index contributed by atoms with van der Waals surface area (Å²) in [7, 11) is 0. The van der Waals surface area contributed by atoms with Gasteiger partial charge in [-0.2, -0.15) is 0 Å². The Morgan fingerprint density at radius 3 is 2.26 bits per heavy atom. The fourth-order valence-corrected chi connectivity index (χ4v) is 1.51. The maximum Gasteiger partial charge on any atom is 0.328 e. The third-order valence-electron chi connectivity index (χ3n) is 2.54. The zero-order chi connectivity index (χ0) is 14.6. The number of rotatable bonds is 4. The summed E-state index contributed by atoms with van der Waals surface area (Å²) in [6.07, 6.45) is -6.18. The summed E-state index contributed by atoms with van der Waals surface area (Å²) in [5.74, 6) is -2.04. The van der Waals surface area contributed by atoms with Gasteiger partial charge < -0.3 is 35.6 Å². The highest BCUT2D eigenvalue weighted by molar-refractivity contribution is 5.93. The van der Waals surface area contributed by atoms with Gasteiger partial charge in [0.15, 0.2) is 6.29 Å². The zero-order valence-corrected chi connectivity index (χ0v) is 9.71. The second-order valence-corrected chi connectivity index (χ2v) is 3.95. The number of amides is 1. The van der Waals surface area contributed by atoms with Crippen molar-refractivity contribution in [1.29, 1.82) is 0 Å².